The molecule has 2 saturated heterocycles. The van der Waals surface area contributed by atoms with Crippen molar-refractivity contribution < 1.29 is 23.5 Å². The average molecular weight is 442 g/mol. The van der Waals surface area contributed by atoms with E-state index in [1.54, 1.807) is 17.0 Å². The fourth-order valence-corrected chi connectivity index (χ4v) is 4.30. The highest BCUT2D eigenvalue weighted by atomic mass is 19.1. The van der Waals surface area contributed by atoms with Crippen molar-refractivity contribution in [2.75, 3.05) is 46.0 Å². The molecule has 1 aromatic carbocycles. The van der Waals surface area contributed by atoms with E-state index >= 15 is 0 Å². The highest BCUT2D eigenvalue weighted by Gasteiger charge is 2.41. The van der Waals surface area contributed by atoms with Gasteiger partial charge in [-0.05, 0) is 37.1 Å². The molecule has 2 aliphatic rings. The molecule has 0 N–H and O–H groups in total. The van der Waals surface area contributed by atoms with Gasteiger partial charge in [0.2, 0.25) is 5.91 Å². The van der Waals surface area contributed by atoms with Crippen molar-refractivity contribution in [3.8, 4) is 5.75 Å². The van der Waals surface area contributed by atoms with E-state index in [1.807, 2.05) is 4.90 Å². The summed E-state index contributed by atoms with van der Waals surface area (Å²) < 4.78 is 24.6. The van der Waals surface area contributed by atoms with Gasteiger partial charge in [0.25, 0.3) is 5.91 Å². The van der Waals surface area contributed by atoms with Crippen LogP contribution >= 0.6 is 0 Å². The van der Waals surface area contributed by atoms with E-state index < -0.39 is 5.41 Å². The van der Waals surface area contributed by atoms with Gasteiger partial charge in [0, 0.05) is 50.4 Å². The summed E-state index contributed by atoms with van der Waals surface area (Å²) in [4.78, 5) is 37.6. The minimum Gasteiger partial charge on any atom is -0.493 e. The van der Waals surface area contributed by atoms with E-state index in [0.717, 1.165) is 12.8 Å². The molecule has 2 amide bonds. The van der Waals surface area contributed by atoms with Crippen molar-refractivity contribution in [1.29, 1.82) is 0 Å². The predicted molar refractivity (Wildman–Crippen MR) is 114 cm³/mol. The molecule has 0 radical (unpaired) electrons. The van der Waals surface area contributed by atoms with Gasteiger partial charge >= 0.3 is 0 Å². The second-order valence-corrected chi connectivity index (χ2v) is 8.37. The average Bonchev–Trinajstić information content (AvgIpc) is 2.84. The maximum atomic E-state index is 13.3. The van der Waals surface area contributed by atoms with Gasteiger partial charge in [-0.2, -0.15) is 0 Å². The van der Waals surface area contributed by atoms with Crippen molar-refractivity contribution in [3.05, 3.63) is 54.4 Å². The molecule has 0 unspecified atom stereocenters. The molecule has 170 valence electrons. The first-order chi connectivity index (χ1) is 15.5. The van der Waals surface area contributed by atoms with E-state index in [0.29, 0.717) is 50.7 Å². The normalized spacial score (nSPS) is 21.3. The third-order valence-electron chi connectivity index (χ3n) is 6.00. The molecular weight excluding hydrogens is 415 g/mol. The number of rotatable bonds is 6. The fraction of sp³-hybridized carbons (Fsp3) is 0.478. The number of piperidine rings is 1. The number of morpholine rings is 1. The summed E-state index contributed by atoms with van der Waals surface area (Å²) in [6.45, 7) is 3.43. The molecule has 0 aliphatic carbocycles. The maximum absolute atomic E-state index is 13.3. The van der Waals surface area contributed by atoms with Crippen LogP contribution in [0.1, 0.15) is 29.6 Å². The lowest BCUT2D eigenvalue weighted by Gasteiger charge is -2.43. The first-order valence-electron chi connectivity index (χ1n) is 10.8. The van der Waals surface area contributed by atoms with Gasteiger partial charge in [0.1, 0.15) is 17.9 Å². The largest absolute Gasteiger partial charge is 0.493 e. The van der Waals surface area contributed by atoms with E-state index in [2.05, 4.69) is 9.97 Å². The summed E-state index contributed by atoms with van der Waals surface area (Å²) in [6.07, 6.45) is 6.15. The molecule has 1 aromatic heterocycles. The third-order valence-corrected chi connectivity index (χ3v) is 6.00. The van der Waals surface area contributed by atoms with Gasteiger partial charge in [-0.3, -0.25) is 9.59 Å². The summed E-state index contributed by atoms with van der Waals surface area (Å²) in [5.74, 6) is 0.0715. The maximum Gasteiger partial charge on any atom is 0.257 e. The Labute approximate surface area is 186 Å². The standard InChI is InChI=1S/C23H27FN4O4/c24-19-2-4-20(5-3-19)32-16-23(12-21(29)27-8-10-31-11-9-27)6-1-7-28(15-23)22(30)18-13-25-17-26-14-18/h2-5,13-14,17H,1,6-12,15-16H2/t23-/m1/s1. The lowest BCUT2D eigenvalue weighted by molar-refractivity contribution is -0.139. The number of carbonyl (C=O) groups excluding carboxylic acids is 2. The number of carbonyl (C=O) groups is 2. The molecule has 2 fully saturated rings. The quantitative estimate of drug-likeness (QED) is 0.682. The second kappa shape index (κ2) is 10.0. The molecule has 1 atom stereocenters. The third kappa shape index (κ3) is 5.40. The summed E-state index contributed by atoms with van der Waals surface area (Å²) in [5, 5.41) is 0. The molecule has 4 rings (SSSR count). The van der Waals surface area contributed by atoms with Crippen molar-refractivity contribution in [3.63, 3.8) is 0 Å². The van der Waals surface area contributed by atoms with Crippen LogP contribution in [0, 0.1) is 11.2 Å². The number of aromatic nitrogens is 2. The first kappa shape index (κ1) is 22.1. The van der Waals surface area contributed by atoms with Crippen molar-refractivity contribution in [2.24, 2.45) is 5.41 Å². The van der Waals surface area contributed by atoms with E-state index in [-0.39, 0.29) is 30.7 Å². The van der Waals surface area contributed by atoms with Crippen LogP contribution in [-0.4, -0.2) is 77.6 Å². The molecular formula is C23H27FN4O4. The van der Waals surface area contributed by atoms with E-state index in [9.17, 15) is 14.0 Å². The molecule has 0 bridgehead atoms. The summed E-state index contributed by atoms with van der Waals surface area (Å²) in [6, 6.07) is 5.82. The van der Waals surface area contributed by atoms with Crippen LogP contribution in [0.4, 0.5) is 4.39 Å². The zero-order chi connectivity index (χ0) is 22.4. The molecule has 8 nitrogen and oxygen atoms in total. The minimum absolute atomic E-state index is 0.0355. The van der Waals surface area contributed by atoms with Crippen LogP contribution in [-0.2, 0) is 9.53 Å². The van der Waals surface area contributed by atoms with E-state index in [4.69, 9.17) is 9.47 Å². The smallest absolute Gasteiger partial charge is 0.257 e. The zero-order valence-corrected chi connectivity index (χ0v) is 17.9. The molecule has 3 heterocycles. The van der Waals surface area contributed by atoms with Crippen molar-refractivity contribution in [1.82, 2.24) is 19.8 Å². The SMILES string of the molecule is O=C(C[C@]1(COc2ccc(F)cc2)CCCN(C(=O)c2cncnc2)C1)N1CCOCC1. The Morgan fingerprint density at radius 1 is 1.06 bits per heavy atom. The molecule has 0 spiro atoms. The number of hydrogen-bond acceptors (Lipinski definition) is 6. The Hall–Kier alpha value is -3.07. The summed E-state index contributed by atoms with van der Waals surface area (Å²) in [7, 11) is 0. The fourth-order valence-electron chi connectivity index (χ4n) is 4.30. The van der Waals surface area contributed by atoms with Crippen LogP contribution in [0.15, 0.2) is 43.0 Å². The Balaban J connectivity index is 1.52. The molecule has 9 heteroatoms. The van der Waals surface area contributed by atoms with Crippen LogP contribution in [0.5, 0.6) is 5.75 Å². The van der Waals surface area contributed by atoms with Crippen LogP contribution in [0.2, 0.25) is 0 Å². The van der Waals surface area contributed by atoms with Crippen molar-refractivity contribution >= 4 is 11.8 Å². The van der Waals surface area contributed by atoms with E-state index in [1.165, 1.54) is 30.9 Å². The number of amides is 2. The Bertz CT molecular complexity index is 921. The van der Waals surface area contributed by atoms with Crippen LogP contribution in [0.25, 0.3) is 0 Å². The second-order valence-electron chi connectivity index (χ2n) is 8.37. The monoisotopic (exact) mass is 442 g/mol. The van der Waals surface area contributed by atoms with Gasteiger partial charge < -0.3 is 19.3 Å². The van der Waals surface area contributed by atoms with Gasteiger partial charge in [0.05, 0.1) is 25.4 Å². The predicted octanol–water partition coefficient (Wildman–Crippen LogP) is 2.17. The number of halogens is 1. The van der Waals surface area contributed by atoms with Crippen LogP contribution < -0.4 is 4.74 Å². The topological polar surface area (TPSA) is 84.9 Å². The van der Waals surface area contributed by atoms with Gasteiger partial charge in [-0.15, -0.1) is 0 Å². The Kier molecular flexibility index (Phi) is 6.94. The zero-order valence-electron chi connectivity index (χ0n) is 17.9. The number of benzene rings is 1. The molecule has 2 aliphatic heterocycles. The number of ether oxygens (including phenoxy) is 2. The molecule has 0 saturated carbocycles. The Morgan fingerprint density at radius 2 is 1.78 bits per heavy atom. The highest BCUT2D eigenvalue weighted by Crippen LogP contribution is 2.36. The minimum atomic E-state index is -0.548. The number of nitrogens with zero attached hydrogens (tertiary/aromatic N) is 4. The lowest BCUT2D eigenvalue weighted by Crippen LogP contribution is -2.52. The highest BCUT2D eigenvalue weighted by molar-refractivity contribution is 5.93. The molecule has 2 aromatic rings. The Morgan fingerprint density at radius 3 is 2.50 bits per heavy atom. The van der Waals surface area contributed by atoms with Gasteiger partial charge in [-0.1, -0.05) is 0 Å². The lowest BCUT2D eigenvalue weighted by atomic mass is 9.77. The van der Waals surface area contributed by atoms with Gasteiger partial charge in [-0.25, -0.2) is 14.4 Å². The van der Waals surface area contributed by atoms with Crippen molar-refractivity contribution in [2.45, 2.75) is 19.3 Å². The number of hydrogen-bond donors (Lipinski definition) is 0. The first-order valence-corrected chi connectivity index (χ1v) is 10.8. The van der Waals surface area contributed by atoms with Gasteiger partial charge in [0.15, 0.2) is 0 Å². The summed E-state index contributed by atoms with van der Waals surface area (Å²) >= 11 is 0. The summed E-state index contributed by atoms with van der Waals surface area (Å²) in [5.41, 5.74) is -0.130. The number of likely N-dealkylation sites (tertiary alicyclic amines) is 1. The molecule has 32 heavy (non-hydrogen) atoms. The van der Waals surface area contributed by atoms with Crippen LogP contribution in [0.3, 0.4) is 0 Å².